The smallest absolute Gasteiger partial charge is 0.426 e. The van der Waals surface area contributed by atoms with E-state index >= 15 is 0 Å². The lowest BCUT2D eigenvalue weighted by atomic mass is 10.2. The highest BCUT2D eigenvalue weighted by Crippen LogP contribution is 2.36. The Morgan fingerprint density at radius 1 is 1.54 bits per heavy atom. The number of carbonyl (C=O) groups excluding carboxylic acids is 1. The van der Waals surface area contributed by atoms with Gasteiger partial charge in [0, 0.05) is 0 Å². The number of thiophene rings is 1. The number of carbonyl (C=O) groups is 1. The fourth-order valence-corrected chi connectivity index (χ4v) is 1.55. The monoisotopic (exact) mass is 210 g/mol. The van der Waals surface area contributed by atoms with Gasteiger partial charge in [-0.3, -0.25) is 0 Å². The second kappa shape index (κ2) is 3.37. The molecule has 13 heavy (non-hydrogen) atoms. The summed E-state index contributed by atoms with van der Waals surface area (Å²) < 4.78 is 40.7. The van der Waals surface area contributed by atoms with E-state index in [1.165, 1.54) is 5.38 Å². The minimum atomic E-state index is -4.49. The van der Waals surface area contributed by atoms with Crippen LogP contribution >= 0.6 is 11.3 Å². The maximum atomic E-state index is 12.2. The summed E-state index contributed by atoms with van der Waals surface area (Å²) in [5.74, 6) is -0.964. The van der Waals surface area contributed by atoms with Crippen LogP contribution in [0.3, 0.4) is 0 Å². The van der Waals surface area contributed by atoms with Gasteiger partial charge in [-0.2, -0.15) is 13.2 Å². The first kappa shape index (κ1) is 10.0. The van der Waals surface area contributed by atoms with Crippen LogP contribution in [0.5, 0.6) is 0 Å². The van der Waals surface area contributed by atoms with E-state index in [2.05, 4.69) is 4.74 Å². The van der Waals surface area contributed by atoms with E-state index in [0.29, 0.717) is 11.3 Å². The normalized spacial score (nSPS) is 11.4. The van der Waals surface area contributed by atoms with Gasteiger partial charge in [0.25, 0.3) is 0 Å². The largest absolute Gasteiger partial charge is 0.465 e. The number of halogens is 3. The van der Waals surface area contributed by atoms with E-state index in [9.17, 15) is 18.0 Å². The predicted octanol–water partition coefficient (Wildman–Crippen LogP) is 2.55. The Kier molecular flexibility index (Phi) is 2.60. The SMILES string of the molecule is COC(=O)c1ccsc1C(F)(F)F. The lowest BCUT2D eigenvalue weighted by Crippen LogP contribution is -2.10. The molecule has 0 spiro atoms. The van der Waals surface area contributed by atoms with E-state index in [0.717, 1.165) is 13.2 Å². The molecule has 1 aromatic heterocycles. The summed E-state index contributed by atoms with van der Waals surface area (Å²) in [6.07, 6.45) is -4.49. The van der Waals surface area contributed by atoms with Crippen molar-refractivity contribution in [3.05, 3.63) is 21.9 Å². The first-order chi connectivity index (χ1) is 5.96. The van der Waals surface area contributed by atoms with Gasteiger partial charge in [-0.05, 0) is 11.4 Å². The molecule has 0 aliphatic rings. The van der Waals surface area contributed by atoms with Crippen LogP contribution in [0.4, 0.5) is 13.2 Å². The maximum absolute atomic E-state index is 12.2. The number of alkyl halides is 3. The van der Waals surface area contributed by atoms with Crippen molar-refractivity contribution in [2.24, 2.45) is 0 Å². The van der Waals surface area contributed by atoms with Crippen molar-refractivity contribution in [1.29, 1.82) is 0 Å². The van der Waals surface area contributed by atoms with Gasteiger partial charge >= 0.3 is 12.1 Å². The van der Waals surface area contributed by atoms with E-state index in [-0.39, 0.29) is 0 Å². The lowest BCUT2D eigenvalue weighted by Gasteiger charge is -2.05. The minimum absolute atomic E-state index is 0.431. The first-order valence-corrected chi connectivity index (χ1v) is 4.07. The van der Waals surface area contributed by atoms with Gasteiger partial charge in [0.1, 0.15) is 4.88 Å². The summed E-state index contributed by atoms with van der Waals surface area (Å²) in [6, 6.07) is 1.10. The molecule has 0 unspecified atom stereocenters. The molecule has 0 amide bonds. The molecule has 2 nitrogen and oxygen atoms in total. The van der Waals surface area contributed by atoms with Crippen molar-refractivity contribution in [2.45, 2.75) is 6.18 Å². The zero-order chi connectivity index (χ0) is 10.1. The van der Waals surface area contributed by atoms with Crippen LogP contribution in [-0.4, -0.2) is 13.1 Å². The molecule has 0 fully saturated rings. The van der Waals surface area contributed by atoms with Gasteiger partial charge in [-0.1, -0.05) is 0 Å². The predicted molar refractivity (Wildman–Crippen MR) is 40.7 cm³/mol. The molecular weight excluding hydrogens is 205 g/mol. The molecule has 72 valence electrons. The number of hydrogen-bond donors (Lipinski definition) is 0. The number of hydrogen-bond acceptors (Lipinski definition) is 3. The third-order valence-electron chi connectivity index (χ3n) is 1.33. The molecule has 1 heterocycles. The molecule has 0 aliphatic carbocycles. The zero-order valence-corrected chi connectivity index (χ0v) is 7.33. The van der Waals surface area contributed by atoms with Gasteiger partial charge in [0.15, 0.2) is 0 Å². The third kappa shape index (κ3) is 2.00. The van der Waals surface area contributed by atoms with E-state index in [1.807, 2.05) is 0 Å². The quantitative estimate of drug-likeness (QED) is 0.666. The minimum Gasteiger partial charge on any atom is -0.465 e. The molecule has 0 saturated heterocycles. The van der Waals surface area contributed by atoms with Crippen LogP contribution in [0.25, 0.3) is 0 Å². The summed E-state index contributed by atoms with van der Waals surface area (Å²) in [5.41, 5.74) is -0.431. The Labute approximate surface area is 75.9 Å². The second-order valence-corrected chi connectivity index (χ2v) is 3.07. The topological polar surface area (TPSA) is 26.3 Å². The van der Waals surface area contributed by atoms with Gasteiger partial charge in [0.05, 0.1) is 12.7 Å². The van der Waals surface area contributed by atoms with Crippen LogP contribution in [0.2, 0.25) is 0 Å². The molecular formula is C7H5F3O2S. The van der Waals surface area contributed by atoms with Crippen LogP contribution in [0.15, 0.2) is 11.4 Å². The van der Waals surface area contributed by atoms with Crippen LogP contribution < -0.4 is 0 Å². The molecule has 0 N–H and O–H groups in total. The first-order valence-electron chi connectivity index (χ1n) is 3.20. The van der Waals surface area contributed by atoms with Crippen molar-refractivity contribution in [2.75, 3.05) is 7.11 Å². The van der Waals surface area contributed by atoms with Gasteiger partial charge in [0.2, 0.25) is 0 Å². The van der Waals surface area contributed by atoms with Gasteiger partial charge in [-0.15, -0.1) is 11.3 Å². The molecule has 0 bridgehead atoms. The summed E-state index contributed by atoms with van der Waals surface area (Å²) in [7, 11) is 1.04. The number of rotatable bonds is 1. The molecule has 0 saturated carbocycles. The van der Waals surface area contributed by atoms with Crippen molar-refractivity contribution < 1.29 is 22.7 Å². The molecule has 6 heteroatoms. The third-order valence-corrected chi connectivity index (χ3v) is 2.29. The Morgan fingerprint density at radius 2 is 2.15 bits per heavy atom. The Balaban J connectivity index is 3.10. The second-order valence-electron chi connectivity index (χ2n) is 2.15. The number of methoxy groups -OCH3 is 1. The standard InChI is InChI=1S/C7H5F3O2S/c1-12-6(11)4-2-3-13-5(4)7(8,9)10/h2-3H,1H3. The Bertz CT molecular complexity index is 316. The average molecular weight is 210 g/mol. The van der Waals surface area contributed by atoms with Crippen molar-refractivity contribution in [3.63, 3.8) is 0 Å². The fraction of sp³-hybridized carbons (Fsp3) is 0.286. The molecule has 1 rings (SSSR count). The average Bonchev–Trinajstić information content (AvgIpc) is 2.49. The number of ether oxygens (including phenoxy) is 1. The molecule has 0 aromatic carbocycles. The van der Waals surface area contributed by atoms with Crippen LogP contribution in [0.1, 0.15) is 15.2 Å². The van der Waals surface area contributed by atoms with E-state index in [4.69, 9.17) is 0 Å². The van der Waals surface area contributed by atoms with E-state index < -0.39 is 22.6 Å². The van der Waals surface area contributed by atoms with Gasteiger partial charge in [-0.25, -0.2) is 4.79 Å². The van der Waals surface area contributed by atoms with Crippen LogP contribution in [0, 0.1) is 0 Å². The number of esters is 1. The highest BCUT2D eigenvalue weighted by molar-refractivity contribution is 7.10. The van der Waals surface area contributed by atoms with Crippen molar-refractivity contribution >= 4 is 17.3 Å². The lowest BCUT2D eigenvalue weighted by molar-refractivity contribution is -0.134. The summed E-state index contributed by atoms with van der Waals surface area (Å²) >= 11 is 0.474. The van der Waals surface area contributed by atoms with Crippen molar-refractivity contribution in [3.8, 4) is 0 Å². The molecule has 1 aromatic rings. The van der Waals surface area contributed by atoms with Crippen LogP contribution in [-0.2, 0) is 10.9 Å². The summed E-state index contributed by atoms with van der Waals surface area (Å²) in [4.78, 5) is 9.91. The molecule has 0 aliphatic heterocycles. The Morgan fingerprint density at radius 3 is 2.62 bits per heavy atom. The zero-order valence-electron chi connectivity index (χ0n) is 6.51. The summed E-state index contributed by atoms with van der Waals surface area (Å²) in [6.45, 7) is 0. The highest BCUT2D eigenvalue weighted by atomic mass is 32.1. The Hall–Kier alpha value is -1.04. The van der Waals surface area contributed by atoms with Crippen molar-refractivity contribution in [1.82, 2.24) is 0 Å². The fourth-order valence-electron chi connectivity index (χ4n) is 0.799. The molecule has 0 atom stereocenters. The highest BCUT2D eigenvalue weighted by Gasteiger charge is 2.37. The van der Waals surface area contributed by atoms with E-state index in [1.54, 1.807) is 0 Å². The molecule has 0 radical (unpaired) electrons. The maximum Gasteiger partial charge on any atom is 0.426 e. The van der Waals surface area contributed by atoms with Gasteiger partial charge < -0.3 is 4.74 Å². The summed E-state index contributed by atoms with van der Waals surface area (Å²) in [5, 5.41) is 1.20.